The van der Waals surface area contributed by atoms with E-state index in [9.17, 15) is 0 Å². The van der Waals surface area contributed by atoms with Crippen LogP contribution in [0.25, 0.3) is 67.2 Å². The first-order valence-electron chi connectivity index (χ1n) is 22.5. The fourth-order valence-electron chi connectivity index (χ4n) is 14.4. The summed E-state index contributed by atoms with van der Waals surface area (Å²) in [5.74, 6) is 6.32. The number of para-hydroxylation sites is 3. The first-order valence-corrected chi connectivity index (χ1v) is 22.5. The quantitative estimate of drug-likeness (QED) is 0.177. The molecule has 2 spiro atoms. The van der Waals surface area contributed by atoms with E-state index in [1.165, 1.54) is 66.3 Å². The van der Waals surface area contributed by atoms with E-state index in [0.717, 1.165) is 79.0 Å². The predicted octanol–water partition coefficient (Wildman–Crippen LogP) is 13.7. The minimum absolute atomic E-state index is 0.351. The van der Waals surface area contributed by atoms with E-state index < -0.39 is 5.41 Å². The molecule has 0 saturated heterocycles. The highest BCUT2D eigenvalue weighted by Crippen LogP contribution is 2.83. The minimum Gasteiger partial charge on any atom is -0.457 e. The Morgan fingerprint density at radius 2 is 1.16 bits per heavy atom. The van der Waals surface area contributed by atoms with Gasteiger partial charge in [0.25, 0.3) is 0 Å². The minimum atomic E-state index is -0.598. The zero-order valence-corrected chi connectivity index (χ0v) is 34.1. The summed E-state index contributed by atoms with van der Waals surface area (Å²) in [4.78, 5) is 16.0. The van der Waals surface area contributed by atoms with Crippen LogP contribution in [0.5, 0.6) is 11.5 Å². The van der Waals surface area contributed by atoms with Crippen LogP contribution in [0, 0.1) is 23.2 Å². The topological polar surface area (TPSA) is 61.0 Å². The zero-order chi connectivity index (χ0) is 40.4. The Morgan fingerprint density at radius 3 is 1.97 bits per heavy atom. The van der Waals surface area contributed by atoms with Gasteiger partial charge in [-0.25, -0.2) is 15.0 Å². The summed E-state index contributed by atoms with van der Waals surface area (Å²) < 4.78 is 13.4. The van der Waals surface area contributed by atoms with Crippen LogP contribution in [-0.2, 0) is 10.8 Å². The maximum atomic E-state index is 6.79. The van der Waals surface area contributed by atoms with Gasteiger partial charge in [0.15, 0.2) is 17.5 Å². The molecule has 6 aliphatic carbocycles. The fraction of sp³-hybridized carbons (Fsp3) is 0.211. The maximum absolute atomic E-state index is 6.79. The molecule has 5 heteroatoms. The number of benzene rings is 7. The van der Waals surface area contributed by atoms with Gasteiger partial charge in [-0.1, -0.05) is 121 Å². The average Bonchev–Trinajstić information content (AvgIpc) is 3.85. The number of ether oxygens (including phenoxy) is 1. The third-order valence-electron chi connectivity index (χ3n) is 16.8. The van der Waals surface area contributed by atoms with Gasteiger partial charge in [-0.15, -0.1) is 0 Å². The lowest BCUT2D eigenvalue weighted by Gasteiger charge is -2.81. The summed E-state index contributed by atoms with van der Waals surface area (Å²) in [6.45, 7) is 0. The van der Waals surface area contributed by atoms with Gasteiger partial charge in [-0.05, 0) is 126 Å². The molecule has 2 aromatic heterocycles. The molecule has 296 valence electrons. The molecule has 5 nitrogen and oxygen atoms in total. The van der Waals surface area contributed by atoms with Crippen LogP contribution in [0.1, 0.15) is 66.3 Å². The molecular formula is C57H41N3O2. The van der Waals surface area contributed by atoms with Gasteiger partial charge in [-0.2, -0.15) is 0 Å². The molecule has 0 radical (unpaired) electrons. The smallest absolute Gasteiger partial charge is 0.167 e. The number of nitrogens with zero attached hydrogens (tertiary/aromatic N) is 3. The van der Waals surface area contributed by atoms with Crippen LogP contribution < -0.4 is 4.74 Å². The van der Waals surface area contributed by atoms with E-state index in [1.54, 1.807) is 0 Å². The SMILES string of the molecule is c1ccc2c(c1)Oc1ccc(-c3nc(-c4ccc(C56CC7C[C@@H]8C[C@H](CCC785)C6)cc4)nc(-c4cccc5c4oc4ccccc45)n3)cc1C21c2ccccc2-c2ccccc21. The second kappa shape index (κ2) is 11.7. The van der Waals surface area contributed by atoms with Crippen LogP contribution in [0.2, 0.25) is 0 Å². The van der Waals surface area contributed by atoms with Crippen LogP contribution in [0.4, 0.5) is 0 Å². The molecule has 7 aromatic carbocycles. The number of hydrogen-bond acceptors (Lipinski definition) is 5. The Labute approximate surface area is 359 Å². The molecule has 1 aliphatic heterocycles. The maximum Gasteiger partial charge on any atom is 0.167 e. The number of furan rings is 1. The highest BCUT2D eigenvalue weighted by molar-refractivity contribution is 6.09. The second-order valence-electron chi connectivity index (χ2n) is 19.1. The van der Waals surface area contributed by atoms with Crippen LogP contribution in [-0.4, -0.2) is 15.0 Å². The van der Waals surface area contributed by atoms with Gasteiger partial charge >= 0.3 is 0 Å². The van der Waals surface area contributed by atoms with Crippen molar-refractivity contribution in [1.29, 1.82) is 0 Å². The molecule has 0 N–H and O–H groups in total. The highest BCUT2D eigenvalue weighted by atomic mass is 16.5. The summed E-state index contributed by atoms with van der Waals surface area (Å²) >= 11 is 0. The van der Waals surface area contributed by atoms with E-state index in [1.807, 2.05) is 12.1 Å². The Balaban J connectivity index is 0.932. The monoisotopic (exact) mass is 799 g/mol. The van der Waals surface area contributed by atoms with Crippen LogP contribution >= 0.6 is 0 Å². The Kier molecular flexibility index (Phi) is 6.40. The van der Waals surface area contributed by atoms with Gasteiger partial charge in [0.2, 0.25) is 0 Å². The van der Waals surface area contributed by atoms with Crippen molar-refractivity contribution in [3.63, 3.8) is 0 Å². The summed E-state index contributed by atoms with van der Waals surface area (Å²) in [6, 6.07) is 56.6. The molecule has 5 saturated carbocycles. The van der Waals surface area contributed by atoms with Crippen LogP contribution in [0.3, 0.4) is 0 Å². The molecule has 2 bridgehead atoms. The molecule has 5 atom stereocenters. The van der Waals surface area contributed by atoms with E-state index in [4.69, 9.17) is 24.1 Å². The third-order valence-corrected chi connectivity index (χ3v) is 16.8. The van der Waals surface area contributed by atoms with Crippen molar-refractivity contribution < 1.29 is 9.15 Å². The molecule has 9 aromatic rings. The zero-order valence-electron chi connectivity index (χ0n) is 34.1. The Morgan fingerprint density at radius 1 is 0.500 bits per heavy atom. The molecule has 62 heavy (non-hydrogen) atoms. The largest absolute Gasteiger partial charge is 0.457 e. The molecule has 0 amide bonds. The van der Waals surface area contributed by atoms with E-state index >= 15 is 0 Å². The van der Waals surface area contributed by atoms with Gasteiger partial charge in [-0.3, -0.25) is 0 Å². The van der Waals surface area contributed by atoms with Crippen molar-refractivity contribution in [3.8, 4) is 56.8 Å². The second-order valence-corrected chi connectivity index (χ2v) is 19.1. The highest BCUT2D eigenvalue weighted by Gasteiger charge is 2.77. The summed E-state index contributed by atoms with van der Waals surface area (Å²) in [7, 11) is 0. The standard InChI is InChI=1S/C57H41N3O2/c1-4-15-44-39(10-1)40-11-2-5-16-45(40)57(44)46-17-6-8-19-49(46)61-50-25-22-35(29-47(50)57)53-58-52(59-54(60-53)43-14-9-13-42-41-12-3-7-18-48(41)62-51(42)43)34-20-23-36(24-21-34)55-31-33-26-27-56(55)37(28-33)30-38(56)32-55/h1-25,29,33,37-38H,26-28,30-32H2/t33-,37-,38?,55?,56?/m0/s1. The third kappa shape index (κ3) is 4.04. The van der Waals surface area contributed by atoms with Crippen molar-refractivity contribution in [2.75, 3.05) is 0 Å². The van der Waals surface area contributed by atoms with Crippen molar-refractivity contribution in [1.82, 2.24) is 15.0 Å². The number of fused-ring (bicyclic) bond motifs is 13. The summed E-state index contributed by atoms with van der Waals surface area (Å²) in [6.07, 6.45) is 8.52. The molecule has 16 rings (SSSR count). The van der Waals surface area contributed by atoms with Gasteiger partial charge in [0.05, 0.1) is 11.0 Å². The number of aromatic nitrogens is 3. The first kappa shape index (κ1) is 33.8. The van der Waals surface area contributed by atoms with Crippen LogP contribution in [0.15, 0.2) is 162 Å². The number of rotatable bonds is 4. The summed E-state index contributed by atoms with van der Waals surface area (Å²) in [5.41, 5.74) is 13.4. The van der Waals surface area contributed by atoms with Gasteiger partial charge in [0.1, 0.15) is 22.7 Å². The van der Waals surface area contributed by atoms with E-state index in [-0.39, 0.29) is 0 Å². The molecule has 7 aliphatic rings. The van der Waals surface area contributed by atoms with Gasteiger partial charge in [0, 0.05) is 38.4 Å². The van der Waals surface area contributed by atoms with Crippen molar-refractivity contribution >= 4 is 21.9 Å². The predicted molar refractivity (Wildman–Crippen MR) is 243 cm³/mol. The Bertz CT molecular complexity index is 3360. The lowest BCUT2D eigenvalue weighted by Crippen LogP contribution is -2.76. The molecule has 3 heterocycles. The van der Waals surface area contributed by atoms with Gasteiger partial charge < -0.3 is 9.15 Å². The van der Waals surface area contributed by atoms with Crippen molar-refractivity contribution in [2.45, 2.75) is 49.4 Å². The summed E-state index contributed by atoms with van der Waals surface area (Å²) in [5, 5.41) is 2.12. The average molecular weight is 800 g/mol. The molecule has 5 fully saturated rings. The first-order chi connectivity index (χ1) is 30.6. The van der Waals surface area contributed by atoms with Crippen molar-refractivity contribution in [2.24, 2.45) is 23.2 Å². The van der Waals surface area contributed by atoms with Crippen molar-refractivity contribution in [3.05, 3.63) is 186 Å². The lowest BCUT2D eigenvalue weighted by molar-refractivity contribution is -0.285. The van der Waals surface area contributed by atoms with E-state index in [0.29, 0.717) is 28.3 Å². The Hall–Kier alpha value is -6.85. The molecular weight excluding hydrogens is 759 g/mol. The number of hydrogen-bond donors (Lipinski definition) is 0. The normalized spacial score (nSPS) is 24.9. The van der Waals surface area contributed by atoms with E-state index in [2.05, 4.69) is 146 Å². The fourth-order valence-corrected chi connectivity index (χ4v) is 14.4. The molecule has 3 unspecified atom stereocenters. The lowest BCUT2D eigenvalue weighted by atomic mass is 9.22.